The highest BCUT2D eigenvalue weighted by molar-refractivity contribution is 7.00. The van der Waals surface area contributed by atoms with Crippen molar-refractivity contribution in [3.63, 3.8) is 0 Å². The van der Waals surface area contributed by atoms with Crippen molar-refractivity contribution in [1.29, 1.82) is 0 Å². The van der Waals surface area contributed by atoms with E-state index in [1.807, 2.05) is 12.1 Å². The standard InChI is InChI=1S/C86H63BN8/c1-85(2,3)60-42-47-73-65(51-60)66-52-61-43-48-74(66)95(73)75-46-41-59(81-88-71(55-23-9-6-10-24-55)53-72(89-81)56-25-11-7-12-26-56)50-67(75)84-91-82(90-83(92-84)64-31-15-16-32-68(64)86(61,4)5)58-28-21-27-57(49-58)54-39-44-63(45-40-54)94-77-36-20-18-34-70(77)87-69-33-17-19-35-76(69)93(62-29-13-8-14-30-62)78-37-22-38-79(94)80(78)87/h6-53H,1-5H3. The Kier molecular flexibility index (Phi) is 12.8. The third kappa shape index (κ3) is 9.16. The second-order valence-electron chi connectivity index (χ2n) is 26.8. The Morgan fingerprint density at radius 1 is 0.337 bits per heavy atom. The van der Waals surface area contributed by atoms with E-state index in [0.29, 0.717) is 23.3 Å². The zero-order valence-corrected chi connectivity index (χ0v) is 53.4. The maximum Gasteiger partial charge on any atom is 0.252 e. The highest BCUT2D eigenvalue weighted by atomic mass is 15.2. The van der Waals surface area contributed by atoms with Gasteiger partial charge >= 0.3 is 0 Å². The average molecular weight is 1220 g/mol. The zero-order valence-electron chi connectivity index (χ0n) is 53.4. The minimum Gasteiger partial charge on any atom is -0.311 e. The van der Waals surface area contributed by atoms with Crippen molar-refractivity contribution in [2.45, 2.75) is 45.4 Å². The number of para-hydroxylation sites is 3. The van der Waals surface area contributed by atoms with Gasteiger partial charge in [0.25, 0.3) is 6.71 Å². The molecule has 0 amide bonds. The number of hydrogen-bond donors (Lipinski definition) is 0. The summed E-state index contributed by atoms with van der Waals surface area (Å²) in [5.74, 6) is 2.28. The largest absolute Gasteiger partial charge is 0.311 e. The molecule has 0 unspecified atom stereocenters. The summed E-state index contributed by atoms with van der Waals surface area (Å²) < 4.78 is 2.41. The number of nitrogens with zero attached hydrogens (tertiary/aromatic N) is 8. The van der Waals surface area contributed by atoms with Crippen molar-refractivity contribution in [3.8, 4) is 84.9 Å². The van der Waals surface area contributed by atoms with Gasteiger partial charge in [-0.15, -0.1) is 0 Å². The second kappa shape index (κ2) is 21.7. The lowest BCUT2D eigenvalue weighted by atomic mass is 9.33. The van der Waals surface area contributed by atoms with Gasteiger partial charge in [0.05, 0.1) is 28.1 Å². The van der Waals surface area contributed by atoms with Crippen molar-refractivity contribution in [3.05, 3.63) is 308 Å². The molecule has 3 aromatic heterocycles. The SMILES string of the molecule is CC(C)(C)c1ccc2c(c1)c1cc3ccc1n2-c1ccc(-c2nc(-c4ccccc4)cc(-c4ccccc4)n2)cc1-c1nc(-c2cccc(-c4ccc(N5c6ccccc6B6c7ccccc7N(c7ccccc7)c7cccc5c76)cc4)c2)nc(n1)-c1ccccc1C3(C)C. The number of anilines is 6. The molecule has 9 heteroatoms. The molecule has 4 aliphatic heterocycles. The maximum absolute atomic E-state index is 5.66. The van der Waals surface area contributed by atoms with Crippen LogP contribution in [0.25, 0.3) is 107 Å². The molecule has 0 radical (unpaired) electrons. The Labute approximate surface area is 553 Å². The Hall–Kier alpha value is -11.8. The third-order valence-corrected chi connectivity index (χ3v) is 19.8. The first-order valence-corrected chi connectivity index (χ1v) is 32.8. The van der Waals surface area contributed by atoms with Gasteiger partial charge in [0.15, 0.2) is 23.3 Å². The van der Waals surface area contributed by atoms with E-state index in [1.54, 1.807) is 0 Å². The van der Waals surface area contributed by atoms with Crippen LogP contribution in [-0.2, 0) is 10.8 Å². The molecule has 0 saturated carbocycles. The van der Waals surface area contributed by atoms with E-state index in [9.17, 15) is 0 Å². The molecular formula is C86H63BN8. The van der Waals surface area contributed by atoms with Gasteiger partial charge in [-0.05, 0) is 153 Å². The summed E-state index contributed by atoms with van der Waals surface area (Å²) in [5.41, 5.74) is 26.2. The van der Waals surface area contributed by atoms with E-state index in [-0.39, 0.29) is 12.1 Å². The van der Waals surface area contributed by atoms with Crippen LogP contribution in [0.3, 0.4) is 0 Å². The van der Waals surface area contributed by atoms with Crippen molar-refractivity contribution in [2.24, 2.45) is 0 Å². The van der Waals surface area contributed by atoms with Gasteiger partial charge in [0, 0.05) is 83.7 Å². The van der Waals surface area contributed by atoms with Gasteiger partial charge < -0.3 is 14.4 Å². The molecule has 15 aromatic rings. The highest BCUT2D eigenvalue weighted by Crippen LogP contribution is 2.47. The molecule has 0 spiro atoms. The smallest absolute Gasteiger partial charge is 0.252 e. The van der Waals surface area contributed by atoms with Crippen molar-refractivity contribution in [2.75, 3.05) is 9.80 Å². The molecule has 0 fully saturated rings. The van der Waals surface area contributed by atoms with Crippen molar-refractivity contribution < 1.29 is 0 Å². The van der Waals surface area contributed by atoms with Crippen molar-refractivity contribution >= 4 is 79.0 Å². The molecule has 8 nitrogen and oxygen atoms in total. The summed E-state index contributed by atoms with van der Waals surface area (Å²) in [5, 5.41) is 2.37. The molecule has 0 saturated heterocycles. The summed E-state index contributed by atoms with van der Waals surface area (Å²) in [7, 11) is 0. The molecule has 6 bridgehead atoms. The van der Waals surface area contributed by atoms with E-state index in [4.69, 9.17) is 24.9 Å². The van der Waals surface area contributed by atoms with E-state index < -0.39 is 5.41 Å². The molecule has 0 N–H and O–H groups in total. The van der Waals surface area contributed by atoms with Crippen LogP contribution in [0.2, 0.25) is 0 Å². The molecular weight excluding hydrogens is 1160 g/mol. The quantitative estimate of drug-likeness (QED) is 0.147. The molecule has 12 aromatic carbocycles. The molecule has 4 aliphatic rings. The monoisotopic (exact) mass is 1220 g/mol. The summed E-state index contributed by atoms with van der Waals surface area (Å²) >= 11 is 0. The fourth-order valence-corrected chi connectivity index (χ4v) is 15.0. The van der Waals surface area contributed by atoms with Gasteiger partial charge in [-0.2, -0.15) is 0 Å². The van der Waals surface area contributed by atoms with Crippen LogP contribution in [0.1, 0.15) is 51.3 Å². The normalized spacial score (nSPS) is 13.3. The Morgan fingerprint density at radius 2 is 0.832 bits per heavy atom. The number of benzene rings is 12. The molecule has 95 heavy (non-hydrogen) atoms. The zero-order chi connectivity index (χ0) is 63.7. The molecule has 0 aliphatic carbocycles. The van der Waals surface area contributed by atoms with Crippen LogP contribution in [0.15, 0.2) is 291 Å². The van der Waals surface area contributed by atoms with Crippen LogP contribution < -0.4 is 26.2 Å². The van der Waals surface area contributed by atoms with E-state index >= 15 is 0 Å². The van der Waals surface area contributed by atoms with Gasteiger partial charge in [-0.25, -0.2) is 24.9 Å². The highest BCUT2D eigenvalue weighted by Gasteiger charge is 2.43. The number of rotatable bonds is 7. The lowest BCUT2D eigenvalue weighted by Gasteiger charge is -2.44. The average Bonchev–Trinajstić information content (AvgIpc) is 1.51. The first-order valence-electron chi connectivity index (χ1n) is 32.8. The van der Waals surface area contributed by atoms with E-state index in [2.05, 4.69) is 328 Å². The van der Waals surface area contributed by atoms with Gasteiger partial charge in [0.2, 0.25) is 0 Å². The first kappa shape index (κ1) is 56.0. The lowest BCUT2D eigenvalue weighted by Crippen LogP contribution is -2.61. The molecule has 450 valence electrons. The first-order chi connectivity index (χ1) is 46.5. The number of aromatic nitrogens is 6. The van der Waals surface area contributed by atoms with E-state index in [1.165, 1.54) is 61.0 Å². The molecule has 19 rings (SSSR count). The summed E-state index contributed by atoms with van der Waals surface area (Å²) in [6.07, 6.45) is 0. The Morgan fingerprint density at radius 3 is 1.49 bits per heavy atom. The fraction of sp³-hybridized carbons (Fsp3) is 0.0814. The fourth-order valence-electron chi connectivity index (χ4n) is 15.0. The lowest BCUT2D eigenvalue weighted by molar-refractivity contribution is 0.591. The van der Waals surface area contributed by atoms with Crippen molar-refractivity contribution in [1.82, 2.24) is 29.5 Å². The summed E-state index contributed by atoms with van der Waals surface area (Å²) in [6.45, 7) is 11.6. The predicted octanol–water partition coefficient (Wildman–Crippen LogP) is 19.4. The Balaban J connectivity index is 0.814. The molecule has 7 heterocycles. The van der Waals surface area contributed by atoms with Crippen LogP contribution in [0.4, 0.5) is 34.1 Å². The number of hydrogen-bond acceptors (Lipinski definition) is 7. The predicted molar refractivity (Wildman–Crippen MR) is 393 cm³/mol. The van der Waals surface area contributed by atoms with Gasteiger partial charge in [0.1, 0.15) is 0 Å². The van der Waals surface area contributed by atoms with Gasteiger partial charge in [-0.3, -0.25) is 0 Å². The van der Waals surface area contributed by atoms with Crippen LogP contribution in [0, 0.1) is 0 Å². The van der Waals surface area contributed by atoms with Gasteiger partial charge in [-0.1, -0.05) is 223 Å². The minimum absolute atomic E-state index is 0.0628. The second-order valence-corrected chi connectivity index (χ2v) is 26.8. The summed E-state index contributed by atoms with van der Waals surface area (Å²) in [6, 6.07) is 105. The maximum atomic E-state index is 5.66. The summed E-state index contributed by atoms with van der Waals surface area (Å²) in [4.78, 5) is 32.5. The third-order valence-electron chi connectivity index (χ3n) is 19.8. The van der Waals surface area contributed by atoms with Crippen LogP contribution >= 0.6 is 0 Å². The minimum atomic E-state index is -0.475. The topological polar surface area (TPSA) is 75.9 Å². The van der Waals surface area contributed by atoms with Crippen LogP contribution in [0.5, 0.6) is 0 Å². The number of fused-ring (bicyclic) bond motifs is 6. The Bertz CT molecular complexity index is 5520. The molecule has 0 atom stereocenters. The van der Waals surface area contributed by atoms with E-state index in [0.717, 1.165) is 89.6 Å². The van der Waals surface area contributed by atoms with Crippen LogP contribution in [-0.4, -0.2) is 36.2 Å².